The van der Waals surface area contributed by atoms with Gasteiger partial charge in [-0.1, -0.05) is 12.1 Å². The molecule has 0 saturated carbocycles. The molecule has 0 fully saturated rings. The Morgan fingerprint density at radius 2 is 2.00 bits per heavy atom. The number of aryl methyl sites for hydroxylation is 1. The quantitative estimate of drug-likeness (QED) is 0.541. The maximum absolute atomic E-state index is 12.5. The van der Waals surface area contributed by atoms with Crippen molar-refractivity contribution in [2.75, 3.05) is 0 Å². The standard InChI is InChI=1S/C23H22N4O2/c1-16-5-4-12-27-14-20(26-22(16)27)15-29-21-9-7-18(8-10-21)23(28)25-17(2)19-6-3-11-24-13-19/h3-14,17H,15H2,1-2H3,(H,25,28). The van der Waals surface area contributed by atoms with Crippen molar-refractivity contribution < 1.29 is 9.53 Å². The average molecular weight is 386 g/mol. The van der Waals surface area contributed by atoms with E-state index in [-0.39, 0.29) is 11.9 Å². The first-order chi connectivity index (χ1) is 14.1. The second-order valence-corrected chi connectivity index (χ2v) is 6.95. The number of imidazole rings is 1. The lowest BCUT2D eigenvalue weighted by atomic mass is 10.1. The van der Waals surface area contributed by atoms with Gasteiger partial charge in [0.1, 0.15) is 18.0 Å². The Balaban J connectivity index is 1.37. The number of rotatable bonds is 6. The summed E-state index contributed by atoms with van der Waals surface area (Å²) in [6.45, 7) is 4.33. The van der Waals surface area contributed by atoms with Gasteiger partial charge in [-0.25, -0.2) is 4.98 Å². The van der Waals surface area contributed by atoms with Gasteiger partial charge in [0.25, 0.3) is 5.91 Å². The molecule has 1 amide bonds. The van der Waals surface area contributed by atoms with E-state index in [1.54, 1.807) is 36.7 Å². The van der Waals surface area contributed by atoms with Gasteiger partial charge >= 0.3 is 0 Å². The van der Waals surface area contributed by atoms with E-state index < -0.39 is 0 Å². The summed E-state index contributed by atoms with van der Waals surface area (Å²) in [5, 5.41) is 2.98. The number of fused-ring (bicyclic) bond motifs is 1. The number of aromatic nitrogens is 3. The van der Waals surface area contributed by atoms with Crippen LogP contribution >= 0.6 is 0 Å². The van der Waals surface area contributed by atoms with E-state index in [9.17, 15) is 4.79 Å². The first-order valence-electron chi connectivity index (χ1n) is 9.47. The first-order valence-corrected chi connectivity index (χ1v) is 9.47. The van der Waals surface area contributed by atoms with Crippen molar-refractivity contribution in [1.82, 2.24) is 19.7 Å². The van der Waals surface area contributed by atoms with E-state index in [0.717, 1.165) is 22.5 Å². The van der Waals surface area contributed by atoms with Crippen LogP contribution in [0.5, 0.6) is 5.75 Å². The van der Waals surface area contributed by atoms with Crippen LogP contribution in [-0.2, 0) is 6.61 Å². The van der Waals surface area contributed by atoms with Gasteiger partial charge in [-0.3, -0.25) is 9.78 Å². The van der Waals surface area contributed by atoms with Crippen LogP contribution in [0.1, 0.15) is 40.1 Å². The maximum atomic E-state index is 12.5. The number of nitrogens with one attached hydrogen (secondary N) is 1. The minimum Gasteiger partial charge on any atom is -0.487 e. The van der Waals surface area contributed by atoms with Crippen LogP contribution in [0.15, 0.2) is 73.3 Å². The zero-order valence-electron chi connectivity index (χ0n) is 16.4. The van der Waals surface area contributed by atoms with Crippen molar-refractivity contribution in [3.05, 3.63) is 95.7 Å². The zero-order chi connectivity index (χ0) is 20.2. The molecule has 1 atom stereocenters. The molecule has 0 spiro atoms. The van der Waals surface area contributed by atoms with Gasteiger partial charge in [-0.15, -0.1) is 0 Å². The molecule has 1 unspecified atom stereocenters. The topological polar surface area (TPSA) is 68.5 Å². The number of ether oxygens (including phenoxy) is 1. The summed E-state index contributed by atoms with van der Waals surface area (Å²) < 4.78 is 7.82. The van der Waals surface area contributed by atoms with E-state index in [4.69, 9.17) is 4.74 Å². The molecule has 4 aromatic rings. The number of hydrogen-bond donors (Lipinski definition) is 1. The molecule has 1 aromatic carbocycles. The highest BCUT2D eigenvalue weighted by molar-refractivity contribution is 5.94. The van der Waals surface area contributed by atoms with E-state index in [1.165, 1.54) is 0 Å². The molecule has 6 nitrogen and oxygen atoms in total. The Kier molecular flexibility index (Phi) is 5.24. The van der Waals surface area contributed by atoms with Gasteiger partial charge in [0.15, 0.2) is 0 Å². The molecule has 29 heavy (non-hydrogen) atoms. The van der Waals surface area contributed by atoms with Crippen LogP contribution in [0.4, 0.5) is 0 Å². The zero-order valence-corrected chi connectivity index (χ0v) is 16.4. The third-order valence-electron chi connectivity index (χ3n) is 4.76. The van der Waals surface area contributed by atoms with E-state index in [1.807, 2.05) is 54.9 Å². The molecule has 0 bridgehead atoms. The minimum atomic E-state index is -0.135. The summed E-state index contributed by atoms with van der Waals surface area (Å²) in [7, 11) is 0. The third-order valence-corrected chi connectivity index (χ3v) is 4.76. The predicted octanol–water partition coefficient (Wildman–Crippen LogP) is 4.11. The number of carbonyl (C=O) groups excluding carboxylic acids is 1. The molecule has 0 radical (unpaired) electrons. The van der Waals surface area contributed by atoms with E-state index in [0.29, 0.717) is 17.9 Å². The molecule has 146 valence electrons. The van der Waals surface area contributed by atoms with Crippen LogP contribution in [0.2, 0.25) is 0 Å². The highest BCUT2D eigenvalue weighted by Gasteiger charge is 2.12. The second kappa shape index (κ2) is 8.14. The van der Waals surface area contributed by atoms with Crippen LogP contribution in [0.3, 0.4) is 0 Å². The molecular weight excluding hydrogens is 364 g/mol. The lowest BCUT2D eigenvalue weighted by molar-refractivity contribution is 0.0940. The summed E-state index contributed by atoms with van der Waals surface area (Å²) >= 11 is 0. The highest BCUT2D eigenvalue weighted by atomic mass is 16.5. The Bertz CT molecular complexity index is 1120. The summed E-state index contributed by atoms with van der Waals surface area (Å²) in [4.78, 5) is 21.2. The number of pyridine rings is 2. The number of amides is 1. The molecule has 0 aliphatic carbocycles. The van der Waals surface area contributed by atoms with Gasteiger partial charge < -0.3 is 14.5 Å². The van der Waals surface area contributed by atoms with Crippen LogP contribution in [0, 0.1) is 6.92 Å². The fourth-order valence-corrected chi connectivity index (χ4v) is 3.13. The monoisotopic (exact) mass is 386 g/mol. The van der Waals surface area contributed by atoms with Crippen LogP contribution in [-0.4, -0.2) is 20.3 Å². The molecule has 3 aromatic heterocycles. The van der Waals surface area contributed by atoms with Gasteiger partial charge in [0.2, 0.25) is 0 Å². The average Bonchev–Trinajstić information content (AvgIpc) is 3.18. The molecule has 3 heterocycles. The Morgan fingerprint density at radius 1 is 1.17 bits per heavy atom. The van der Waals surface area contributed by atoms with Crippen molar-refractivity contribution in [3.63, 3.8) is 0 Å². The minimum absolute atomic E-state index is 0.120. The van der Waals surface area contributed by atoms with Crippen molar-refractivity contribution in [2.45, 2.75) is 26.5 Å². The summed E-state index contributed by atoms with van der Waals surface area (Å²) in [6.07, 6.45) is 7.40. The summed E-state index contributed by atoms with van der Waals surface area (Å²) in [6, 6.07) is 14.8. The van der Waals surface area contributed by atoms with Gasteiger partial charge in [0, 0.05) is 30.4 Å². The first kappa shape index (κ1) is 18.7. The van der Waals surface area contributed by atoms with Crippen LogP contribution in [0.25, 0.3) is 5.65 Å². The van der Waals surface area contributed by atoms with Crippen molar-refractivity contribution in [3.8, 4) is 5.75 Å². The maximum Gasteiger partial charge on any atom is 0.251 e. The summed E-state index contributed by atoms with van der Waals surface area (Å²) in [5.41, 5.74) is 4.45. The van der Waals surface area contributed by atoms with Crippen LogP contribution < -0.4 is 10.1 Å². The summed E-state index contributed by atoms with van der Waals surface area (Å²) in [5.74, 6) is 0.555. The smallest absolute Gasteiger partial charge is 0.251 e. The predicted molar refractivity (Wildman–Crippen MR) is 111 cm³/mol. The third kappa shape index (κ3) is 4.27. The number of benzene rings is 1. The Morgan fingerprint density at radius 3 is 2.72 bits per heavy atom. The SMILES string of the molecule is Cc1cccn2cc(COc3ccc(C(=O)NC(C)c4cccnc4)cc3)nc12. The lowest BCUT2D eigenvalue weighted by Crippen LogP contribution is -2.26. The van der Waals surface area contributed by atoms with Crippen molar-refractivity contribution in [2.24, 2.45) is 0 Å². The highest BCUT2D eigenvalue weighted by Crippen LogP contribution is 2.17. The number of carbonyl (C=O) groups is 1. The van der Waals surface area contributed by atoms with Gasteiger partial charge in [0.05, 0.1) is 11.7 Å². The van der Waals surface area contributed by atoms with Gasteiger partial charge in [-0.05, 0) is 61.4 Å². The number of nitrogens with zero attached hydrogens (tertiary/aromatic N) is 3. The molecule has 1 N–H and O–H groups in total. The fraction of sp³-hybridized carbons (Fsp3) is 0.174. The molecule has 6 heteroatoms. The van der Waals surface area contributed by atoms with Crippen molar-refractivity contribution >= 4 is 11.6 Å². The molecular formula is C23H22N4O2. The molecule has 0 aliphatic heterocycles. The molecule has 4 rings (SSSR count). The fourth-order valence-electron chi connectivity index (χ4n) is 3.13. The molecule has 0 saturated heterocycles. The lowest BCUT2D eigenvalue weighted by Gasteiger charge is -2.14. The van der Waals surface area contributed by atoms with E-state index >= 15 is 0 Å². The van der Waals surface area contributed by atoms with Crippen molar-refractivity contribution in [1.29, 1.82) is 0 Å². The normalized spacial score (nSPS) is 11.9. The second-order valence-electron chi connectivity index (χ2n) is 6.95. The number of hydrogen-bond acceptors (Lipinski definition) is 4. The van der Waals surface area contributed by atoms with Gasteiger partial charge in [-0.2, -0.15) is 0 Å². The Labute approximate surface area is 169 Å². The van der Waals surface area contributed by atoms with E-state index in [2.05, 4.69) is 15.3 Å². The Hall–Kier alpha value is -3.67. The molecule has 0 aliphatic rings. The largest absolute Gasteiger partial charge is 0.487 e.